The van der Waals surface area contributed by atoms with Crippen LogP contribution in [0.4, 0.5) is 17.6 Å². The molecule has 2 heterocycles. The summed E-state index contributed by atoms with van der Waals surface area (Å²) in [5.74, 6) is -0.320. The number of hydrogen-bond acceptors (Lipinski definition) is 4. The van der Waals surface area contributed by atoms with Crippen molar-refractivity contribution >= 4 is 20.7 Å². The average molecular weight is 467 g/mol. The quantitative estimate of drug-likeness (QED) is 0.351. The van der Waals surface area contributed by atoms with Crippen molar-refractivity contribution in [1.29, 1.82) is 0 Å². The van der Waals surface area contributed by atoms with Crippen LogP contribution in [0.25, 0.3) is 5.57 Å². The summed E-state index contributed by atoms with van der Waals surface area (Å²) in [6, 6.07) is 1.05. The molecule has 170 valence electrons. The van der Waals surface area contributed by atoms with Gasteiger partial charge in [-0.3, -0.25) is 9.48 Å². The van der Waals surface area contributed by atoms with E-state index in [-0.39, 0.29) is 17.1 Å². The minimum absolute atomic E-state index is 0.0132. The van der Waals surface area contributed by atoms with Gasteiger partial charge in [0.1, 0.15) is 11.4 Å². The zero-order valence-corrected chi connectivity index (χ0v) is 18.6. The molecule has 2 aromatic rings. The molecule has 6 nitrogen and oxygen atoms in total. The number of amides is 1. The van der Waals surface area contributed by atoms with Gasteiger partial charge in [-0.15, -0.1) is 0 Å². The number of aromatic nitrogens is 4. The predicted molar refractivity (Wildman–Crippen MR) is 115 cm³/mol. The van der Waals surface area contributed by atoms with Gasteiger partial charge in [0, 0.05) is 30.6 Å². The molecule has 1 atom stereocenters. The molecule has 1 amide bonds. The molecule has 32 heavy (non-hydrogen) atoms. The van der Waals surface area contributed by atoms with Gasteiger partial charge in [0.15, 0.2) is 5.82 Å². The largest absolute Gasteiger partial charge is 0.341 e. The Morgan fingerprint density at radius 3 is 2.44 bits per heavy atom. The molecule has 0 aromatic carbocycles. The molecule has 0 bridgehead atoms. The SMILES string of the molecule is C=C/C=C(\C=C(/C)C(F)(F)P)c1ncc(C2(NC(=O)c3cc(C(F)F)nn3C)CC2)cn1. The van der Waals surface area contributed by atoms with Gasteiger partial charge in [-0.2, -0.15) is 13.9 Å². The maximum Gasteiger partial charge on any atom is 0.282 e. The minimum atomic E-state index is -3.07. The summed E-state index contributed by atoms with van der Waals surface area (Å²) in [5.41, 5.74) is -3.45. The van der Waals surface area contributed by atoms with Gasteiger partial charge in [-0.25, -0.2) is 18.7 Å². The number of carbonyl (C=O) groups is 1. The number of carbonyl (C=O) groups excluding carboxylic acids is 1. The summed E-state index contributed by atoms with van der Waals surface area (Å²) in [6.45, 7) is 4.88. The van der Waals surface area contributed by atoms with Crippen LogP contribution < -0.4 is 5.32 Å². The second kappa shape index (κ2) is 8.94. The van der Waals surface area contributed by atoms with Gasteiger partial charge in [0.2, 0.25) is 0 Å². The third kappa shape index (κ3) is 5.12. The van der Waals surface area contributed by atoms with Crippen molar-refractivity contribution in [2.24, 2.45) is 7.05 Å². The van der Waals surface area contributed by atoms with Crippen molar-refractivity contribution in [3.05, 3.63) is 71.6 Å². The topological polar surface area (TPSA) is 72.7 Å². The van der Waals surface area contributed by atoms with E-state index in [9.17, 15) is 22.4 Å². The van der Waals surface area contributed by atoms with Gasteiger partial charge >= 0.3 is 0 Å². The molecule has 0 spiro atoms. The zero-order valence-electron chi connectivity index (χ0n) is 17.4. The van der Waals surface area contributed by atoms with E-state index < -0.39 is 29.2 Å². The molecular weight excluding hydrogens is 445 g/mol. The molecule has 0 aliphatic heterocycles. The second-order valence-corrected chi connectivity index (χ2v) is 8.24. The maximum atomic E-state index is 13.5. The summed E-state index contributed by atoms with van der Waals surface area (Å²) in [5, 5.41) is 6.50. The van der Waals surface area contributed by atoms with Gasteiger partial charge in [-0.1, -0.05) is 28.0 Å². The fourth-order valence-electron chi connectivity index (χ4n) is 3.07. The lowest BCUT2D eigenvalue weighted by Gasteiger charge is -2.18. The monoisotopic (exact) mass is 467 g/mol. The molecular formula is C21H22F4N5OP. The van der Waals surface area contributed by atoms with Crippen LogP contribution >= 0.6 is 9.24 Å². The van der Waals surface area contributed by atoms with Crippen LogP contribution in [0.2, 0.25) is 0 Å². The molecule has 11 heteroatoms. The van der Waals surface area contributed by atoms with E-state index in [0.717, 1.165) is 10.7 Å². The molecule has 3 rings (SSSR count). The van der Waals surface area contributed by atoms with E-state index in [1.54, 1.807) is 0 Å². The number of halogens is 4. The number of aryl methyl sites for hydroxylation is 1. The number of alkyl halides is 4. The summed E-state index contributed by atoms with van der Waals surface area (Å²) < 4.78 is 53.8. The number of allylic oxidation sites excluding steroid dienone is 5. The van der Waals surface area contributed by atoms with E-state index in [1.165, 1.54) is 53.8 Å². The van der Waals surface area contributed by atoms with E-state index in [0.29, 0.717) is 24.0 Å². The standard InChI is InChI=1S/C21H22F4N5OP/c1-4-5-13(8-12(2)21(24,25)32)18-26-10-14(11-27-18)20(6-7-20)28-19(31)16-9-15(17(22)23)29-30(16)3/h4-5,8-11,17H,1,6-7,32H2,2-3H3,(H,28,31)/b12-8+,13-5+. The van der Waals surface area contributed by atoms with Crippen LogP contribution in [0, 0.1) is 0 Å². The maximum absolute atomic E-state index is 13.5. The van der Waals surface area contributed by atoms with Crippen LogP contribution in [0.5, 0.6) is 0 Å². The first kappa shape index (κ1) is 23.8. The number of nitrogens with one attached hydrogen (secondary N) is 1. The van der Waals surface area contributed by atoms with Crippen LogP contribution in [-0.4, -0.2) is 31.3 Å². The normalized spacial score (nSPS) is 16.2. The Labute approximate surface area is 184 Å². The fraction of sp³-hybridized carbons (Fsp3) is 0.333. The van der Waals surface area contributed by atoms with Crippen molar-refractivity contribution < 1.29 is 22.4 Å². The molecule has 1 aliphatic carbocycles. The van der Waals surface area contributed by atoms with E-state index in [1.807, 2.05) is 0 Å². The third-order valence-corrected chi connectivity index (χ3v) is 5.57. The molecule has 0 saturated heterocycles. The van der Waals surface area contributed by atoms with Gasteiger partial charge in [-0.05, 0) is 37.5 Å². The highest BCUT2D eigenvalue weighted by Gasteiger charge is 2.46. The number of rotatable bonds is 8. The Balaban J connectivity index is 1.81. The lowest BCUT2D eigenvalue weighted by atomic mass is 10.1. The molecule has 2 aromatic heterocycles. The minimum Gasteiger partial charge on any atom is -0.341 e. The Morgan fingerprint density at radius 1 is 1.34 bits per heavy atom. The van der Waals surface area contributed by atoms with Crippen LogP contribution in [0.3, 0.4) is 0 Å². The smallest absolute Gasteiger partial charge is 0.282 e. The Morgan fingerprint density at radius 2 is 1.97 bits per heavy atom. The third-order valence-electron chi connectivity index (χ3n) is 5.12. The Hall–Kier alpha value is -2.87. The molecule has 1 N–H and O–H groups in total. The second-order valence-electron chi connectivity index (χ2n) is 7.52. The number of hydrogen-bond donors (Lipinski definition) is 1. The van der Waals surface area contributed by atoms with Crippen molar-refractivity contribution in [3.8, 4) is 0 Å². The molecule has 1 saturated carbocycles. The van der Waals surface area contributed by atoms with Gasteiger partial charge in [0.25, 0.3) is 18.0 Å². The Kier molecular flexibility index (Phi) is 6.64. The van der Waals surface area contributed by atoms with Crippen molar-refractivity contribution in [3.63, 3.8) is 0 Å². The first-order valence-corrected chi connectivity index (χ1v) is 10.2. The Bertz CT molecular complexity index is 1080. The van der Waals surface area contributed by atoms with Crippen molar-refractivity contribution in [1.82, 2.24) is 25.1 Å². The van der Waals surface area contributed by atoms with E-state index >= 15 is 0 Å². The van der Waals surface area contributed by atoms with Crippen molar-refractivity contribution in [2.45, 2.75) is 37.4 Å². The van der Waals surface area contributed by atoms with E-state index in [2.05, 4.69) is 27.0 Å². The fourth-order valence-corrected chi connectivity index (χ4v) is 3.15. The van der Waals surface area contributed by atoms with Crippen molar-refractivity contribution in [2.75, 3.05) is 0 Å². The highest BCUT2D eigenvalue weighted by Crippen LogP contribution is 2.45. The lowest BCUT2D eigenvalue weighted by molar-refractivity contribution is 0.0921. The summed E-state index contributed by atoms with van der Waals surface area (Å²) in [4.78, 5) is 21.2. The highest BCUT2D eigenvalue weighted by molar-refractivity contribution is 7.18. The first-order chi connectivity index (χ1) is 15.0. The predicted octanol–water partition coefficient (Wildman–Crippen LogP) is 4.55. The molecule has 0 radical (unpaired) electrons. The highest BCUT2D eigenvalue weighted by atomic mass is 31.0. The van der Waals surface area contributed by atoms with Crippen LogP contribution in [-0.2, 0) is 12.6 Å². The van der Waals surface area contributed by atoms with Gasteiger partial charge < -0.3 is 5.32 Å². The zero-order chi connectivity index (χ0) is 23.7. The lowest BCUT2D eigenvalue weighted by Crippen LogP contribution is -2.36. The number of nitrogens with zero attached hydrogens (tertiary/aromatic N) is 4. The molecule has 1 fully saturated rings. The average Bonchev–Trinajstić information content (AvgIpc) is 3.39. The van der Waals surface area contributed by atoms with Crippen LogP contribution in [0.1, 0.15) is 53.8 Å². The summed E-state index contributed by atoms with van der Waals surface area (Å²) in [7, 11) is 2.89. The molecule has 1 unspecified atom stereocenters. The summed E-state index contributed by atoms with van der Waals surface area (Å²) >= 11 is 0. The first-order valence-electron chi connectivity index (χ1n) is 9.62. The van der Waals surface area contributed by atoms with Crippen LogP contribution in [0.15, 0.2) is 48.8 Å². The summed E-state index contributed by atoms with van der Waals surface area (Å²) in [6.07, 6.45) is 5.74. The molecule has 1 aliphatic rings. The van der Waals surface area contributed by atoms with E-state index in [4.69, 9.17) is 0 Å². The van der Waals surface area contributed by atoms with Gasteiger partial charge in [0.05, 0.1) is 5.54 Å².